The molecule has 7 nitrogen and oxygen atoms in total. The number of nitrogens with zero attached hydrogens (tertiary/aromatic N) is 1. The molecule has 0 heterocycles. The van der Waals surface area contributed by atoms with Gasteiger partial charge in [-0.3, -0.25) is 9.59 Å². The van der Waals surface area contributed by atoms with Crippen LogP contribution in [0.5, 0.6) is 0 Å². The Bertz CT molecular complexity index is 1020. The van der Waals surface area contributed by atoms with Crippen LogP contribution in [0.15, 0.2) is 53.4 Å². The Morgan fingerprint density at radius 2 is 1.67 bits per heavy atom. The number of carbonyl (C=O) groups excluding carboxylic acids is 2. The summed E-state index contributed by atoms with van der Waals surface area (Å²) in [5.41, 5.74) is 4.48. The number of rotatable bonds is 8. The van der Waals surface area contributed by atoms with Gasteiger partial charge in [0.2, 0.25) is 21.8 Å². The molecule has 0 unspecified atom stereocenters. The standard InChI is InChI=1S/C19H20F3N3O4S/c1-2-25(30(28,29)16-6-4-3-5-15(16)19(20,21)22)12-11-17(26)24-14-9-7-13(8-10-14)18(23)27/h3-10H,2,11-12H2,1H3,(H2,23,27)(H,24,26). The second-order valence-electron chi connectivity index (χ2n) is 6.23. The molecule has 0 aliphatic rings. The van der Waals surface area contributed by atoms with E-state index in [1.807, 2.05) is 0 Å². The van der Waals surface area contributed by atoms with Crippen LogP contribution in [0.3, 0.4) is 0 Å². The van der Waals surface area contributed by atoms with Gasteiger partial charge in [0.15, 0.2) is 0 Å². The molecule has 0 aliphatic carbocycles. The number of halogens is 3. The zero-order valence-electron chi connectivity index (χ0n) is 15.9. The summed E-state index contributed by atoms with van der Waals surface area (Å²) < 4.78 is 65.9. The summed E-state index contributed by atoms with van der Waals surface area (Å²) in [5.74, 6) is -1.17. The number of hydrogen-bond donors (Lipinski definition) is 2. The lowest BCUT2D eigenvalue weighted by molar-refractivity contribution is -0.140. The average molecular weight is 443 g/mol. The van der Waals surface area contributed by atoms with Crippen molar-refractivity contribution in [1.29, 1.82) is 0 Å². The van der Waals surface area contributed by atoms with E-state index in [-0.39, 0.29) is 25.1 Å². The average Bonchev–Trinajstić information content (AvgIpc) is 2.68. The largest absolute Gasteiger partial charge is 0.417 e. The monoisotopic (exact) mass is 443 g/mol. The van der Waals surface area contributed by atoms with Gasteiger partial charge >= 0.3 is 6.18 Å². The molecule has 2 amide bonds. The highest BCUT2D eigenvalue weighted by Crippen LogP contribution is 2.35. The van der Waals surface area contributed by atoms with E-state index in [1.165, 1.54) is 37.3 Å². The smallest absolute Gasteiger partial charge is 0.366 e. The molecule has 2 aromatic carbocycles. The summed E-state index contributed by atoms with van der Waals surface area (Å²) >= 11 is 0. The van der Waals surface area contributed by atoms with Crippen molar-refractivity contribution >= 4 is 27.5 Å². The normalized spacial score (nSPS) is 12.0. The van der Waals surface area contributed by atoms with Crippen LogP contribution < -0.4 is 11.1 Å². The maximum atomic E-state index is 13.2. The molecule has 0 radical (unpaired) electrons. The lowest BCUT2D eigenvalue weighted by Gasteiger charge is -2.22. The van der Waals surface area contributed by atoms with Gasteiger partial charge < -0.3 is 11.1 Å². The summed E-state index contributed by atoms with van der Waals surface area (Å²) in [4.78, 5) is 22.3. The predicted octanol–water partition coefficient (Wildman–Crippen LogP) is 2.84. The second-order valence-corrected chi connectivity index (χ2v) is 8.14. The molecule has 0 saturated carbocycles. The first-order valence-corrected chi connectivity index (χ1v) is 10.3. The Morgan fingerprint density at radius 3 is 2.20 bits per heavy atom. The van der Waals surface area contributed by atoms with Crippen molar-refractivity contribution in [3.8, 4) is 0 Å². The molecule has 11 heteroatoms. The minimum Gasteiger partial charge on any atom is -0.366 e. The maximum absolute atomic E-state index is 13.2. The van der Waals surface area contributed by atoms with Gasteiger partial charge in [-0.1, -0.05) is 19.1 Å². The Kier molecular flexibility index (Phi) is 7.21. The van der Waals surface area contributed by atoms with Crippen molar-refractivity contribution in [2.45, 2.75) is 24.4 Å². The van der Waals surface area contributed by atoms with E-state index < -0.39 is 38.5 Å². The van der Waals surface area contributed by atoms with E-state index in [2.05, 4.69) is 5.32 Å². The van der Waals surface area contributed by atoms with Gasteiger partial charge in [0, 0.05) is 30.8 Å². The van der Waals surface area contributed by atoms with Crippen LogP contribution in [0, 0.1) is 0 Å². The maximum Gasteiger partial charge on any atom is 0.417 e. The molecule has 0 fully saturated rings. The van der Waals surface area contributed by atoms with Gasteiger partial charge in [0.1, 0.15) is 0 Å². The lowest BCUT2D eigenvalue weighted by atomic mass is 10.2. The number of primary amides is 1. The number of sulfonamides is 1. The molecule has 0 aliphatic heterocycles. The van der Waals surface area contributed by atoms with Crippen LogP contribution in [-0.4, -0.2) is 37.6 Å². The Balaban J connectivity index is 2.11. The highest BCUT2D eigenvalue weighted by atomic mass is 32.2. The van der Waals surface area contributed by atoms with Crippen LogP contribution in [0.25, 0.3) is 0 Å². The predicted molar refractivity (Wildman–Crippen MR) is 104 cm³/mol. The first-order valence-electron chi connectivity index (χ1n) is 8.83. The van der Waals surface area contributed by atoms with E-state index in [0.717, 1.165) is 16.4 Å². The summed E-state index contributed by atoms with van der Waals surface area (Å²) in [7, 11) is -4.47. The number of hydrogen-bond acceptors (Lipinski definition) is 4. The Hall–Kier alpha value is -2.92. The lowest BCUT2D eigenvalue weighted by Crippen LogP contribution is -2.34. The van der Waals surface area contributed by atoms with Gasteiger partial charge in [-0.25, -0.2) is 8.42 Å². The fourth-order valence-corrected chi connectivity index (χ4v) is 4.34. The zero-order valence-corrected chi connectivity index (χ0v) is 16.8. The third-order valence-corrected chi connectivity index (χ3v) is 6.24. The van der Waals surface area contributed by atoms with Crippen LogP contribution in [0.1, 0.15) is 29.3 Å². The molecular weight excluding hydrogens is 423 g/mol. The number of carbonyl (C=O) groups is 2. The first-order chi connectivity index (χ1) is 14.0. The van der Waals surface area contributed by atoms with E-state index in [9.17, 15) is 31.2 Å². The fourth-order valence-electron chi connectivity index (χ4n) is 2.68. The molecule has 2 rings (SSSR count). The van der Waals surface area contributed by atoms with Crippen molar-refractivity contribution in [1.82, 2.24) is 4.31 Å². The summed E-state index contributed by atoms with van der Waals surface area (Å²) in [6.07, 6.45) is -5.11. The number of nitrogens with two attached hydrogens (primary N) is 1. The van der Waals surface area contributed by atoms with Crippen LogP contribution in [-0.2, 0) is 21.0 Å². The first kappa shape index (κ1) is 23.4. The Labute approximate surface area is 171 Å². The third kappa shape index (κ3) is 5.57. The molecule has 0 atom stereocenters. The minimum absolute atomic E-state index is 0.116. The van der Waals surface area contributed by atoms with Crippen molar-refractivity contribution in [3.63, 3.8) is 0 Å². The van der Waals surface area contributed by atoms with E-state index in [1.54, 1.807) is 0 Å². The number of alkyl halides is 3. The van der Waals surface area contributed by atoms with Crippen LogP contribution in [0.2, 0.25) is 0 Å². The number of anilines is 1. The van der Waals surface area contributed by atoms with E-state index in [4.69, 9.17) is 5.73 Å². The van der Waals surface area contributed by atoms with E-state index in [0.29, 0.717) is 11.8 Å². The molecule has 30 heavy (non-hydrogen) atoms. The molecule has 0 spiro atoms. The molecule has 0 bridgehead atoms. The van der Waals surface area contributed by atoms with Crippen LogP contribution in [0.4, 0.5) is 18.9 Å². The van der Waals surface area contributed by atoms with Gasteiger partial charge in [0.05, 0.1) is 10.5 Å². The number of amides is 2. The molecular formula is C19H20F3N3O4S. The van der Waals surface area contributed by atoms with Crippen molar-refractivity contribution in [2.75, 3.05) is 18.4 Å². The molecule has 3 N–H and O–H groups in total. The van der Waals surface area contributed by atoms with Gasteiger partial charge in [-0.2, -0.15) is 17.5 Å². The van der Waals surface area contributed by atoms with Crippen molar-refractivity contribution in [3.05, 3.63) is 59.7 Å². The molecule has 0 aromatic heterocycles. The molecule has 0 saturated heterocycles. The number of benzene rings is 2. The van der Waals surface area contributed by atoms with E-state index >= 15 is 0 Å². The van der Waals surface area contributed by atoms with Crippen molar-refractivity contribution in [2.24, 2.45) is 5.73 Å². The highest BCUT2D eigenvalue weighted by Gasteiger charge is 2.38. The van der Waals surface area contributed by atoms with Crippen molar-refractivity contribution < 1.29 is 31.2 Å². The Morgan fingerprint density at radius 1 is 1.07 bits per heavy atom. The quantitative estimate of drug-likeness (QED) is 0.654. The van der Waals surface area contributed by atoms with Gasteiger partial charge in [-0.15, -0.1) is 0 Å². The third-order valence-electron chi connectivity index (χ3n) is 4.20. The summed E-state index contributed by atoms with van der Waals surface area (Å²) in [6, 6.07) is 9.62. The number of nitrogens with one attached hydrogen (secondary N) is 1. The zero-order chi connectivity index (χ0) is 22.5. The molecule has 2 aromatic rings. The minimum atomic E-state index is -4.84. The molecule has 162 valence electrons. The summed E-state index contributed by atoms with van der Waals surface area (Å²) in [5, 5.41) is 2.52. The highest BCUT2D eigenvalue weighted by molar-refractivity contribution is 7.89. The van der Waals surface area contributed by atoms with Crippen LogP contribution >= 0.6 is 0 Å². The van der Waals surface area contributed by atoms with Gasteiger partial charge in [0.25, 0.3) is 0 Å². The summed E-state index contributed by atoms with van der Waals surface area (Å²) in [6.45, 7) is 1.04. The fraction of sp³-hybridized carbons (Fsp3) is 0.263. The SMILES string of the molecule is CCN(CCC(=O)Nc1ccc(C(N)=O)cc1)S(=O)(=O)c1ccccc1C(F)(F)F. The van der Waals surface area contributed by atoms with Gasteiger partial charge in [-0.05, 0) is 36.4 Å². The topological polar surface area (TPSA) is 110 Å². The second kappa shape index (κ2) is 9.26.